The van der Waals surface area contributed by atoms with Gasteiger partial charge in [0.1, 0.15) is 0 Å². The van der Waals surface area contributed by atoms with E-state index in [0.717, 1.165) is 0 Å². The average Bonchev–Trinajstić information content (AvgIpc) is 2.02. The molecule has 0 atom stereocenters. The zero-order chi connectivity index (χ0) is 9.90. The van der Waals surface area contributed by atoms with Crippen LogP contribution in [0.2, 0.25) is 11.3 Å². The molecule has 0 aliphatic rings. The molecule has 0 bridgehead atoms. The molecule has 0 N–H and O–H groups in total. The van der Waals surface area contributed by atoms with Crippen LogP contribution in [0.5, 0.6) is 0 Å². The number of halogens is 4. The van der Waals surface area contributed by atoms with Crippen molar-refractivity contribution in [1.29, 1.82) is 0 Å². The Labute approximate surface area is 128 Å². The van der Waals surface area contributed by atoms with Crippen LogP contribution < -0.4 is 51.4 Å². The molecule has 0 amide bonds. The van der Waals surface area contributed by atoms with Gasteiger partial charge in [-0.1, -0.05) is 17.9 Å². The van der Waals surface area contributed by atoms with Crippen molar-refractivity contribution >= 4 is 18.6 Å². The maximum atomic E-state index is 11.8. The van der Waals surface area contributed by atoms with Crippen molar-refractivity contribution in [3.8, 4) is 0 Å². The SMILES string of the molecule is F[B-](F)(F)CCc1ccc(Cl)cn1.[K+]. The van der Waals surface area contributed by atoms with Gasteiger partial charge in [-0.2, -0.15) is 0 Å². The number of hydrogen-bond acceptors (Lipinski definition) is 1. The quantitative estimate of drug-likeness (QED) is 0.692. The van der Waals surface area contributed by atoms with Gasteiger partial charge >= 0.3 is 58.4 Å². The molecule has 0 aliphatic carbocycles. The Hall–Kier alpha value is 0.931. The van der Waals surface area contributed by atoms with Gasteiger partial charge in [0.25, 0.3) is 0 Å². The summed E-state index contributed by atoms with van der Waals surface area (Å²) in [5, 5.41) is 0.432. The van der Waals surface area contributed by atoms with E-state index < -0.39 is 13.3 Å². The molecule has 0 saturated carbocycles. The minimum absolute atomic E-state index is 0. The zero-order valence-electron chi connectivity index (χ0n) is 7.68. The molecule has 0 saturated heterocycles. The molecule has 0 aliphatic heterocycles. The summed E-state index contributed by atoms with van der Waals surface area (Å²) in [6.07, 6.45) is 0.496. The molecule has 1 aromatic rings. The predicted octanol–water partition coefficient (Wildman–Crippen LogP) is 0.129. The molecule has 0 spiro atoms. The Kier molecular flexibility index (Phi) is 6.93. The first-order valence-electron chi connectivity index (χ1n) is 3.79. The van der Waals surface area contributed by atoms with Gasteiger partial charge in [0.15, 0.2) is 0 Å². The van der Waals surface area contributed by atoms with E-state index in [2.05, 4.69) is 4.98 Å². The number of nitrogens with zero attached hydrogens (tertiary/aromatic N) is 1. The molecule has 7 heteroatoms. The van der Waals surface area contributed by atoms with Crippen molar-refractivity contribution < 1.29 is 64.3 Å². The van der Waals surface area contributed by atoms with E-state index in [4.69, 9.17) is 11.6 Å². The Morgan fingerprint density at radius 2 is 1.93 bits per heavy atom. The summed E-state index contributed by atoms with van der Waals surface area (Å²) in [6, 6.07) is 3.04. The molecule has 1 rings (SSSR count). The molecule has 0 unspecified atom stereocenters. The monoisotopic (exact) mass is 247 g/mol. The minimum Gasteiger partial charge on any atom is -0.449 e. The van der Waals surface area contributed by atoms with E-state index in [0.29, 0.717) is 10.7 Å². The number of aryl methyl sites for hydroxylation is 1. The molecule has 0 aromatic carbocycles. The van der Waals surface area contributed by atoms with Crippen LogP contribution in [0.1, 0.15) is 5.69 Å². The standard InChI is InChI=1S/C7H7BClF3N.K/c9-6-1-2-7(13-5-6)3-4-8(10,11)12;/h1-2,5H,3-4H2;/q-1;+1. The molecular formula is C7H7BClF3KN. The van der Waals surface area contributed by atoms with E-state index in [-0.39, 0.29) is 57.8 Å². The summed E-state index contributed by atoms with van der Waals surface area (Å²) in [5.74, 6) is 0. The topological polar surface area (TPSA) is 12.9 Å². The minimum atomic E-state index is -4.71. The van der Waals surface area contributed by atoms with Gasteiger partial charge in [-0.3, -0.25) is 4.98 Å². The van der Waals surface area contributed by atoms with E-state index in [1.54, 1.807) is 0 Å². The number of aromatic nitrogens is 1. The maximum absolute atomic E-state index is 11.8. The van der Waals surface area contributed by atoms with Crippen LogP contribution in [-0.4, -0.2) is 12.0 Å². The largest absolute Gasteiger partial charge is 1.00 e. The molecule has 0 fully saturated rings. The van der Waals surface area contributed by atoms with Crippen molar-refractivity contribution in [3.05, 3.63) is 29.0 Å². The summed E-state index contributed by atoms with van der Waals surface area (Å²) in [7, 11) is 0. The fourth-order valence-electron chi connectivity index (χ4n) is 0.866. The second-order valence-corrected chi connectivity index (χ2v) is 3.15. The van der Waals surface area contributed by atoms with Crippen LogP contribution in [-0.2, 0) is 6.42 Å². The van der Waals surface area contributed by atoms with E-state index in [1.807, 2.05) is 0 Å². The van der Waals surface area contributed by atoms with Crippen LogP contribution >= 0.6 is 11.6 Å². The number of rotatable bonds is 3. The van der Waals surface area contributed by atoms with Crippen LogP contribution in [0.4, 0.5) is 12.9 Å². The van der Waals surface area contributed by atoms with Gasteiger partial charge in [-0.05, 0) is 18.6 Å². The van der Waals surface area contributed by atoms with Gasteiger partial charge in [-0.15, -0.1) is 0 Å². The average molecular weight is 247 g/mol. The third kappa shape index (κ3) is 6.42. The van der Waals surface area contributed by atoms with Gasteiger partial charge in [0, 0.05) is 11.9 Å². The fourth-order valence-corrected chi connectivity index (χ4v) is 0.978. The van der Waals surface area contributed by atoms with Crippen LogP contribution in [0.25, 0.3) is 0 Å². The second-order valence-electron chi connectivity index (χ2n) is 2.72. The van der Waals surface area contributed by atoms with Crippen molar-refractivity contribution in [1.82, 2.24) is 4.98 Å². The Morgan fingerprint density at radius 1 is 1.29 bits per heavy atom. The summed E-state index contributed by atoms with van der Waals surface area (Å²) in [4.78, 5) is 3.76. The summed E-state index contributed by atoms with van der Waals surface area (Å²) < 4.78 is 35.5. The molecule has 1 aromatic heterocycles. The number of pyridine rings is 1. The Balaban J connectivity index is 0.00000169. The number of hydrogen-bond donors (Lipinski definition) is 0. The van der Waals surface area contributed by atoms with Gasteiger partial charge in [-0.25, -0.2) is 0 Å². The Bertz CT molecular complexity index is 277. The van der Waals surface area contributed by atoms with E-state index in [1.165, 1.54) is 18.3 Å². The van der Waals surface area contributed by atoms with Gasteiger partial charge < -0.3 is 12.9 Å². The van der Waals surface area contributed by atoms with Crippen molar-refractivity contribution in [2.75, 3.05) is 0 Å². The Morgan fingerprint density at radius 3 is 2.36 bits per heavy atom. The summed E-state index contributed by atoms with van der Waals surface area (Å²) in [6.45, 7) is -4.71. The van der Waals surface area contributed by atoms with E-state index in [9.17, 15) is 12.9 Å². The van der Waals surface area contributed by atoms with Crippen molar-refractivity contribution in [3.63, 3.8) is 0 Å². The van der Waals surface area contributed by atoms with Gasteiger partial charge in [0.05, 0.1) is 5.02 Å². The van der Waals surface area contributed by atoms with Crippen LogP contribution in [0, 0.1) is 0 Å². The fraction of sp³-hybridized carbons (Fsp3) is 0.286. The first-order chi connectivity index (χ1) is 5.97. The molecule has 72 valence electrons. The molecule has 1 heterocycles. The molecular weight excluding hydrogens is 240 g/mol. The molecule has 0 radical (unpaired) electrons. The second kappa shape index (κ2) is 6.50. The summed E-state index contributed by atoms with van der Waals surface area (Å²) >= 11 is 5.52. The summed E-state index contributed by atoms with van der Waals surface area (Å²) in [5.41, 5.74) is 0.420. The van der Waals surface area contributed by atoms with Crippen LogP contribution in [0.3, 0.4) is 0 Å². The smallest absolute Gasteiger partial charge is 0.449 e. The van der Waals surface area contributed by atoms with Crippen molar-refractivity contribution in [2.24, 2.45) is 0 Å². The third-order valence-electron chi connectivity index (χ3n) is 1.52. The predicted molar refractivity (Wildman–Crippen MR) is 46.8 cm³/mol. The third-order valence-corrected chi connectivity index (χ3v) is 1.74. The molecule has 1 nitrogen and oxygen atoms in total. The normalized spacial score (nSPS) is 10.9. The maximum Gasteiger partial charge on any atom is 1.00 e. The van der Waals surface area contributed by atoms with Crippen LogP contribution in [0.15, 0.2) is 18.3 Å². The first kappa shape index (κ1) is 14.9. The molecule has 14 heavy (non-hydrogen) atoms. The van der Waals surface area contributed by atoms with Gasteiger partial charge in [0.2, 0.25) is 0 Å². The van der Waals surface area contributed by atoms with E-state index >= 15 is 0 Å². The zero-order valence-corrected chi connectivity index (χ0v) is 11.6. The van der Waals surface area contributed by atoms with Crippen molar-refractivity contribution in [2.45, 2.75) is 12.7 Å². The first-order valence-corrected chi connectivity index (χ1v) is 4.16.